The zero-order valence-electron chi connectivity index (χ0n) is 14.6. The van der Waals surface area contributed by atoms with Crippen LogP contribution in [0.2, 0.25) is 0 Å². The van der Waals surface area contributed by atoms with E-state index in [1.54, 1.807) is 0 Å². The molecular weight excluding hydrogens is 312 g/mol. The van der Waals surface area contributed by atoms with Crippen molar-refractivity contribution >= 4 is 17.7 Å². The van der Waals surface area contributed by atoms with E-state index in [0.717, 1.165) is 0 Å². The molecule has 2 bridgehead atoms. The Bertz CT molecular complexity index is 540. The second-order valence-electron chi connectivity index (χ2n) is 7.75. The Hall–Kier alpha value is -1.43. The largest absolute Gasteiger partial charge is 0.465 e. The van der Waals surface area contributed by atoms with Crippen molar-refractivity contribution in [2.24, 2.45) is 17.3 Å². The topological polar surface area (TPSA) is 78.9 Å². The molecule has 6 nitrogen and oxygen atoms in total. The number of ketones is 1. The van der Waals surface area contributed by atoms with E-state index < -0.39 is 5.41 Å². The lowest BCUT2D eigenvalue weighted by molar-refractivity contribution is -0.157. The zero-order chi connectivity index (χ0) is 17.5. The highest BCUT2D eigenvalue weighted by Gasteiger charge is 2.62. The summed E-state index contributed by atoms with van der Waals surface area (Å²) in [5, 5.41) is 0. The Morgan fingerprint density at radius 3 is 2.79 bits per heavy atom. The Balaban J connectivity index is 1.38. The minimum absolute atomic E-state index is 0.0243. The third-order valence-electron chi connectivity index (χ3n) is 5.74. The molecule has 1 saturated carbocycles. The maximum Gasteiger partial charge on any atom is 0.311 e. The first-order valence-corrected chi connectivity index (χ1v) is 8.88. The lowest BCUT2D eigenvalue weighted by Gasteiger charge is -2.24. The van der Waals surface area contributed by atoms with E-state index in [4.69, 9.17) is 14.2 Å². The third-order valence-corrected chi connectivity index (χ3v) is 5.74. The first kappa shape index (κ1) is 17.4. The number of esters is 2. The molecule has 5 unspecified atom stereocenters. The molecule has 0 radical (unpaired) electrons. The molecule has 3 fully saturated rings. The van der Waals surface area contributed by atoms with Crippen molar-refractivity contribution < 1.29 is 28.6 Å². The number of rotatable bonds is 7. The quantitative estimate of drug-likeness (QED) is 0.522. The van der Waals surface area contributed by atoms with Gasteiger partial charge in [-0.25, -0.2) is 0 Å². The van der Waals surface area contributed by atoms with Crippen LogP contribution in [-0.4, -0.2) is 42.6 Å². The summed E-state index contributed by atoms with van der Waals surface area (Å²) in [5.74, 6) is -0.241. The van der Waals surface area contributed by atoms with E-state index in [1.165, 1.54) is 0 Å². The van der Waals surface area contributed by atoms with Crippen LogP contribution in [0.15, 0.2) is 0 Å². The van der Waals surface area contributed by atoms with Crippen LogP contribution in [0, 0.1) is 17.3 Å². The number of Topliss-reactive ketones (excluding diaryl/α,β-unsaturated/α-hetero) is 1. The molecule has 24 heavy (non-hydrogen) atoms. The van der Waals surface area contributed by atoms with Crippen molar-refractivity contribution in [2.45, 2.75) is 71.2 Å². The maximum atomic E-state index is 12.0. The lowest BCUT2D eigenvalue weighted by atomic mass is 9.86. The molecule has 0 amide bonds. The Labute approximate surface area is 142 Å². The summed E-state index contributed by atoms with van der Waals surface area (Å²) < 4.78 is 16.6. The van der Waals surface area contributed by atoms with Crippen molar-refractivity contribution in [1.29, 1.82) is 0 Å². The van der Waals surface area contributed by atoms with Crippen molar-refractivity contribution in [3.63, 3.8) is 0 Å². The van der Waals surface area contributed by atoms with Gasteiger partial charge in [-0.05, 0) is 33.1 Å². The maximum absolute atomic E-state index is 12.0. The zero-order valence-corrected chi connectivity index (χ0v) is 14.6. The fourth-order valence-corrected chi connectivity index (χ4v) is 3.84. The highest BCUT2D eigenvalue weighted by Crippen LogP contribution is 2.51. The highest BCUT2D eigenvalue weighted by atomic mass is 16.6. The van der Waals surface area contributed by atoms with Gasteiger partial charge in [0.1, 0.15) is 11.9 Å². The standard InChI is InChI=1S/C18H26O6/c1-4-18(2,3)17(21)22-7-5-6-14(20)24-16-11-8-12(19)10-9-13(16)23-15(10)11/h10-11,13,15-16H,4-9H2,1-3H3. The first-order valence-electron chi connectivity index (χ1n) is 8.88. The van der Waals surface area contributed by atoms with E-state index in [0.29, 0.717) is 25.7 Å². The van der Waals surface area contributed by atoms with Gasteiger partial charge >= 0.3 is 11.9 Å². The summed E-state index contributed by atoms with van der Waals surface area (Å²) in [4.78, 5) is 35.7. The van der Waals surface area contributed by atoms with Gasteiger partial charge in [-0.3, -0.25) is 14.4 Å². The van der Waals surface area contributed by atoms with Crippen LogP contribution in [0.1, 0.15) is 52.9 Å². The van der Waals surface area contributed by atoms with Gasteiger partial charge in [0, 0.05) is 24.7 Å². The summed E-state index contributed by atoms with van der Waals surface area (Å²) in [5.41, 5.74) is -0.494. The number of carbonyl (C=O) groups is 3. The number of ether oxygens (including phenoxy) is 3. The molecule has 3 rings (SSSR count). The molecule has 0 spiro atoms. The molecular formula is C18H26O6. The molecule has 0 N–H and O–H groups in total. The Morgan fingerprint density at radius 2 is 2.08 bits per heavy atom. The van der Waals surface area contributed by atoms with Crippen LogP contribution in [0.4, 0.5) is 0 Å². The van der Waals surface area contributed by atoms with E-state index in [2.05, 4.69) is 0 Å². The van der Waals surface area contributed by atoms with Crippen LogP contribution in [0.3, 0.4) is 0 Å². The number of carbonyl (C=O) groups excluding carboxylic acids is 3. The Kier molecular flexibility index (Phi) is 4.69. The lowest BCUT2D eigenvalue weighted by Crippen LogP contribution is -2.35. The average Bonchev–Trinajstić information content (AvgIpc) is 3.16. The summed E-state index contributed by atoms with van der Waals surface area (Å²) >= 11 is 0. The molecule has 3 aliphatic rings. The van der Waals surface area contributed by atoms with Gasteiger partial charge in [0.25, 0.3) is 0 Å². The summed E-state index contributed by atoms with van der Waals surface area (Å²) in [6.45, 7) is 5.84. The second kappa shape index (κ2) is 6.47. The normalized spacial score (nSPS) is 33.8. The van der Waals surface area contributed by atoms with E-state index in [1.807, 2.05) is 20.8 Å². The molecule has 1 aliphatic carbocycles. The van der Waals surface area contributed by atoms with Crippen LogP contribution >= 0.6 is 0 Å². The fraction of sp³-hybridized carbons (Fsp3) is 0.833. The molecule has 6 heteroatoms. The molecule has 0 aromatic heterocycles. The van der Waals surface area contributed by atoms with Crippen molar-refractivity contribution in [3.8, 4) is 0 Å². The van der Waals surface area contributed by atoms with Crippen LogP contribution in [0.25, 0.3) is 0 Å². The first-order chi connectivity index (χ1) is 11.3. The van der Waals surface area contributed by atoms with E-state index in [-0.39, 0.29) is 60.9 Å². The predicted molar refractivity (Wildman–Crippen MR) is 84.0 cm³/mol. The summed E-state index contributed by atoms with van der Waals surface area (Å²) in [6.07, 6.45) is 2.05. The summed E-state index contributed by atoms with van der Waals surface area (Å²) in [7, 11) is 0. The van der Waals surface area contributed by atoms with Gasteiger partial charge in [-0.1, -0.05) is 6.92 Å². The van der Waals surface area contributed by atoms with Crippen molar-refractivity contribution in [3.05, 3.63) is 0 Å². The van der Waals surface area contributed by atoms with E-state index in [9.17, 15) is 14.4 Å². The van der Waals surface area contributed by atoms with Gasteiger partial charge in [-0.15, -0.1) is 0 Å². The highest BCUT2D eigenvalue weighted by molar-refractivity contribution is 5.85. The van der Waals surface area contributed by atoms with Crippen LogP contribution in [-0.2, 0) is 28.6 Å². The van der Waals surface area contributed by atoms with Crippen molar-refractivity contribution in [2.75, 3.05) is 6.61 Å². The molecule has 0 aromatic carbocycles. The van der Waals surface area contributed by atoms with Crippen LogP contribution in [0.5, 0.6) is 0 Å². The molecule has 2 heterocycles. The SMILES string of the molecule is CCC(C)(C)C(=O)OCCCC(=O)OC1C2CC3C(=O)CC1C3O2. The predicted octanol–water partition coefficient (Wildman–Crippen LogP) is 2.03. The van der Waals surface area contributed by atoms with E-state index >= 15 is 0 Å². The fourth-order valence-electron chi connectivity index (χ4n) is 3.84. The molecule has 2 saturated heterocycles. The second-order valence-corrected chi connectivity index (χ2v) is 7.75. The van der Waals surface area contributed by atoms with Gasteiger partial charge in [-0.2, -0.15) is 0 Å². The smallest absolute Gasteiger partial charge is 0.311 e. The molecule has 2 aliphatic heterocycles. The molecule has 134 valence electrons. The Morgan fingerprint density at radius 1 is 1.33 bits per heavy atom. The molecule has 5 atom stereocenters. The van der Waals surface area contributed by atoms with Gasteiger partial charge in [0.2, 0.25) is 0 Å². The van der Waals surface area contributed by atoms with Crippen molar-refractivity contribution in [1.82, 2.24) is 0 Å². The average molecular weight is 338 g/mol. The minimum Gasteiger partial charge on any atom is -0.465 e. The minimum atomic E-state index is -0.494. The number of hydrogen-bond donors (Lipinski definition) is 0. The summed E-state index contributed by atoms with van der Waals surface area (Å²) in [6, 6.07) is 0. The van der Waals surface area contributed by atoms with Gasteiger partial charge < -0.3 is 14.2 Å². The third kappa shape index (κ3) is 3.08. The van der Waals surface area contributed by atoms with Gasteiger partial charge in [0.05, 0.1) is 24.2 Å². The number of hydrogen-bond acceptors (Lipinski definition) is 6. The monoisotopic (exact) mass is 338 g/mol. The molecule has 0 aromatic rings. The van der Waals surface area contributed by atoms with Crippen LogP contribution < -0.4 is 0 Å². The number of fused-ring (bicyclic) bond motifs is 1. The van der Waals surface area contributed by atoms with Gasteiger partial charge in [0.15, 0.2) is 0 Å².